The average Bonchev–Trinajstić information content (AvgIpc) is 3.38. The van der Waals surface area contributed by atoms with Crippen LogP contribution in [0, 0.1) is 0 Å². The van der Waals surface area contributed by atoms with E-state index in [4.69, 9.17) is 9.72 Å². The molecule has 170 valence electrons. The first-order valence-electron chi connectivity index (χ1n) is 12.5. The van der Waals surface area contributed by atoms with Gasteiger partial charge < -0.3 is 20.3 Å². The summed E-state index contributed by atoms with van der Waals surface area (Å²) in [4.78, 5) is 12.1. The van der Waals surface area contributed by atoms with E-state index in [0.717, 1.165) is 64.5 Å². The van der Waals surface area contributed by atoms with Crippen LogP contribution in [-0.2, 0) is 23.1 Å². The molecule has 3 aliphatic heterocycles. The SMILES string of the molecule is CC1CCc2ncnc(N3CC4(CCNCC4)c4c(CNC5CCOCC5)cccc43)c21. The number of aromatic nitrogens is 2. The maximum Gasteiger partial charge on any atom is 0.140 e. The highest BCUT2D eigenvalue weighted by atomic mass is 16.5. The highest BCUT2D eigenvalue weighted by molar-refractivity contribution is 5.75. The first kappa shape index (κ1) is 20.6. The Kier molecular flexibility index (Phi) is 5.40. The van der Waals surface area contributed by atoms with Crippen molar-refractivity contribution < 1.29 is 4.74 Å². The summed E-state index contributed by atoms with van der Waals surface area (Å²) in [5.41, 5.74) is 7.26. The maximum atomic E-state index is 5.56. The standard InChI is InChI=1S/C26H35N5O/c1-18-5-6-21-23(18)25(30-17-29-21)31-16-26(9-11-27-12-10-26)24-19(3-2-4-22(24)31)15-28-20-7-13-32-14-8-20/h2-4,17-18,20,27-28H,5-16H2,1H3. The molecule has 4 aliphatic rings. The zero-order valence-corrected chi connectivity index (χ0v) is 19.2. The lowest BCUT2D eigenvalue weighted by molar-refractivity contribution is 0.0775. The van der Waals surface area contributed by atoms with Crippen molar-refractivity contribution in [3.05, 3.63) is 46.9 Å². The Bertz CT molecular complexity index is 980. The first-order valence-corrected chi connectivity index (χ1v) is 12.5. The van der Waals surface area contributed by atoms with Crippen molar-refractivity contribution in [2.45, 2.75) is 69.4 Å². The average molecular weight is 434 g/mol. The van der Waals surface area contributed by atoms with Crippen molar-refractivity contribution in [2.75, 3.05) is 37.7 Å². The summed E-state index contributed by atoms with van der Waals surface area (Å²) >= 11 is 0. The second kappa shape index (κ2) is 8.40. The number of rotatable bonds is 4. The second-order valence-corrected chi connectivity index (χ2v) is 10.2. The van der Waals surface area contributed by atoms with E-state index in [0.29, 0.717) is 12.0 Å². The molecule has 1 aliphatic carbocycles. The molecule has 1 aromatic carbocycles. The van der Waals surface area contributed by atoms with E-state index in [1.165, 1.54) is 41.8 Å². The van der Waals surface area contributed by atoms with E-state index in [-0.39, 0.29) is 5.41 Å². The van der Waals surface area contributed by atoms with Crippen LogP contribution in [0.4, 0.5) is 11.5 Å². The van der Waals surface area contributed by atoms with Crippen LogP contribution in [-0.4, -0.2) is 48.9 Å². The van der Waals surface area contributed by atoms with Crippen molar-refractivity contribution in [3.63, 3.8) is 0 Å². The third-order valence-corrected chi connectivity index (χ3v) is 8.28. The summed E-state index contributed by atoms with van der Waals surface area (Å²) in [6, 6.07) is 7.49. The third kappa shape index (κ3) is 3.44. The van der Waals surface area contributed by atoms with Gasteiger partial charge in [0.05, 0.1) is 0 Å². The normalized spacial score (nSPS) is 24.7. The predicted octanol–water partition coefficient (Wildman–Crippen LogP) is 3.57. The molecule has 2 saturated heterocycles. The molecule has 4 heterocycles. The molecule has 1 atom stereocenters. The number of hydrogen-bond acceptors (Lipinski definition) is 6. The molecule has 0 bridgehead atoms. The Morgan fingerprint density at radius 1 is 1.16 bits per heavy atom. The van der Waals surface area contributed by atoms with Crippen molar-refractivity contribution >= 4 is 11.5 Å². The van der Waals surface area contributed by atoms with Gasteiger partial charge in [0.2, 0.25) is 0 Å². The highest BCUT2D eigenvalue weighted by Crippen LogP contribution is 2.52. The molecular formula is C26H35N5O. The molecule has 2 fully saturated rings. The van der Waals surface area contributed by atoms with E-state index in [1.54, 1.807) is 11.9 Å². The topological polar surface area (TPSA) is 62.3 Å². The molecule has 6 rings (SSSR count). The number of anilines is 2. The van der Waals surface area contributed by atoms with Crippen LogP contribution in [0.1, 0.15) is 67.3 Å². The molecule has 32 heavy (non-hydrogen) atoms. The van der Waals surface area contributed by atoms with Crippen molar-refractivity contribution in [2.24, 2.45) is 0 Å². The first-order chi connectivity index (χ1) is 15.8. The Morgan fingerprint density at radius 3 is 2.84 bits per heavy atom. The van der Waals surface area contributed by atoms with Crippen LogP contribution < -0.4 is 15.5 Å². The van der Waals surface area contributed by atoms with Crippen LogP contribution in [0.3, 0.4) is 0 Å². The van der Waals surface area contributed by atoms with Gasteiger partial charge >= 0.3 is 0 Å². The van der Waals surface area contributed by atoms with Gasteiger partial charge in [-0.25, -0.2) is 9.97 Å². The van der Waals surface area contributed by atoms with Crippen LogP contribution >= 0.6 is 0 Å². The molecule has 1 aromatic heterocycles. The number of aryl methyl sites for hydroxylation is 1. The lowest BCUT2D eigenvalue weighted by atomic mass is 9.73. The predicted molar refractivity (Wildman–Crippen MR) is 127 cm³/mol. The minimum atomic E-state index is 0.203. The molecular weight excluding hydrogens is 398 g/mol. The van der Waals surface area contributed by atoms with Gasteiger partial charge in [-0.05, 0) is 74.7 Å². The van der Waals surface area contributed by atoms with Crippen LogP contribution in [0.15, 0.2) is 24.5 Å². The molecule has 0 amide bonds. The van der Waals surface area contributed by atoms with E-state index >= 15 is 0 Å². The maximum absolute atomic E-state index is 5.56. The summed E-state index contributed by atoms with van der Waals surface area (Å²) in [5.74, 6) is 1.69. The molecule has 0 radical (unpaired) electrons. The fourth-order valence-corrected chi connectivity index (χ4v) is 6.53. The lowest BCUT2D eigenvalue weighted by Crippen LogP contribution is -2.43. The Morgan fingerprint density at radius 2 is 2.00 bits per heavy atom. The molecule has 0 saturated carbocycles. The molecule has 2 aromatic rings. The smallest absolute Gasteiger partial charge is 0.140 e. The van der Waals surface area contributed by atoms with Gasteiger partial charge in [0.15, 0.2) is 0 Å². The van der Waals surface area contributed by atoms with Gasteiger partial charge in [-0.15, -0.1) is 0 Å². The summed E-state index contributed by atoms with van der Waals surface area (Å²) in [6.45, 7) is 8.25. The Hall–Kier alpha value is -2.02. The molecule has 2 N–H and O–H groups in total. The van der Waals surface area contributed by atoms with Crippen molar-refractivity contribution in [3.8, 4) is 0 Å². The Balaban J connectivity index is 1.40. The number of fused-ring (bicyclic) bond motifs is 3. The van der Waals surface area contributed by atoms with E-state index < -0.39 is 0 Å². The quantitative estimate of drug-likeness (QED) is 0.769. The lowest BCUT2D eigenvalue weighted by Gasteiger charge is -2.36. The van der Waals surface area contributed by atoms with Crippen molar-refractivity contribution in [1.82, 2.24) is 20.6 Å². The minimum Gasteiger partial charge on any atom is -0.381 e. The van der Waals surface area contributed by atoms with Crippen LogP contribution in [0.25, 0.3) is 0 Å². The van der Waals surface area contributed by atoms with E-state index in [9.17, 15) is 0 Å². The number of hydrogen-bond donors (Lipinski definition) is 2. The van der Waals surface area contributed by atoms with Gasteiger partial charge in [0.1, 0.15) is 12.1 Å². The fraction of sp³-hybridized carbons (Fsp3) is 0.615. The van der Waals surface area contributed by atoms with Gasteiger partial charge in [-0.3, -0.25) is 0 Å². The molecule has 6 nitrogen and oxygen atoms in total. The zero-order valence-electron chi connectivity index (χ0n) is 19.2. The highest BCUT2D eigenvalue weighted by Gasteiger charge is 2.46. The largest absolute Gasteiger partial charge is 0.381 e. The van der Waals surface area contributed by atoms with E-state index in [2.05, 4.69) is 45.6 Å². The van der Waals surface area contributed by atoms with E-state index in [1.807, 2.05) is 0 Å². The molecule has 6 heteroatoms. The number of ether oxygens (including phenoxy) is 1. The number of nitrogens with zero attached hydrogens (tertiary/aromatic N) is 3. The number of nitrogens with one attached hydrogen (secondary N) is 2. The van der Waals surface area contributed by atoms with Crippen LogP contribution in [0.2, 0.25) is 0 Å². The van der Waals surface area contributed by atoms with Crippen molar-refractivity contribution in [1.29, 1.82) is 0 Å². The summed E-state index contributed by atoms with van der Waals surface area (Å²) in [7, 11) is 0. The summed E-state index contributed by atoms with van der Waals surface area (Å²) in [6.07, 6.45) is 8.65. The third-order valence-electron chi connectivity index (χ3n) is 8.28. The monoisotopic (exact) mass is 433 g/mol. The molecule has 1 spiro atoms. The summed E-state index contributed by atoms with van der Waals surface area (Å²) < 4.78 is 5.56. The fourth-order valence-electron chi connectivity index (χ4n) is 6.53. The van der Waals surface area contributed by atoms with Gasteiger partial charge in [-0.1, -0.05) is 19.1 Å². The van der Waals surface area contributed by atoms with Gasteiger partial charge in [0.25, 0.3) is 0 Å². The Labute approximate surface area is 191 Å². The summed E-state index contributed by atoms with van der Waals surface area (Å²) in [5, 5.41) is 7.45. The number of benzene rings is 1. The number of piperidine rings is 1. The second-order valence-electron chi connectivity index (χ2n) is 10.2. The minimum absolute atomic E-state index is 0.203. The van der Waals surface area contributed by atoms with Gasteiger partial charge in [0, 0.05) is 54.7 Å². The zero-order chi connectivity index (χ0) is 21.5. The van der Waals surface area contributed by atoms with Crippen LogP contribution in [0.5, 0.6) is 0 Å². The van der Waals surface area contributed by atoms with Gasteiger partial charge in [-0.2, -0.15) is 0 Å². The molecule has 1 unspecified atom stereocenters.